The maximum absolute atomic E-state index is 5.51. The Hall–Kier alpha value is -1.33. The summed E-state index contributed by atoms with van der Waals surface area (Å²) in [6.45, 7) is 4.21. The van der Waals surface area contributed by atoms with Gasteiger partial charge in [0.2, 0.25) is 0 Å². The lowest BCUT2D eigenvalue weighted by atomic mass is 9.95. The fourth-order valence-corrected chi connectivity index (χ4v) is 2.27. The summed E-state index contributed by atoms with van der Waals surface area (Å²) in [6, 6.07) is 3.96. The standard InChI is InChI=1S/C12H20N4O/c1-9-4-6-16(8-11(9)17-2)10-3-5-14-12(7-10)15-13/h3,5,7,9,11H,4,6,8,13H2,1-2H3,(H,14,15). The first-order valence-corrected chi connectivity index (χ1v) is 5.95. The van der Waals surface area contributed by atoms with Crippen LogP contribution >= 0.6 is 0 Å². The molecule has 17 heavy (non-hydrogen) atoms. The van der Waals surface area contributed by atoms with E-state index in [1.54, 1.807) is 13.3 Å². The van der Waals surface area contributed by atoms with Crippen molar-refractivity contribution in [1.82, 2.24) is 4.98 Å². The Bertz CT molecular complexity index is 371. The number of rotatable bonds is 3. The van der Waals surface area contributed by atoms with Gasteiger partial charge in [-0.2, -0.15) is 0 Å². The summed E-state index contributed by atoms with van der Waals surface area (Å²) in [4.78, 5) is 6.43. The zero-order valence-corrected chi connectivity index (χ0v) is 10.4. The molecular formula is C12H20N4O. The molecule has 1 aliphatic rings. The lowest BCUT2D eigenvalue weighted by Crippen LogP contribution is -2.43. The molecule has 2 unspecified atom stereocenters. The second-order valence-corrected chi connectivity index (χ2v) is 4.53. The first kappa shape index (κ1) is 12.1. The number of hydrogen-bond donors (Lipinski definition) is 2. The van der Waals surface area contributed by atoms with E-state index in [4.69, 9.17) is 10.6 Å². The average Bonchev–Trinajstić information content (AvgIpc) is 2.39. The molecule has 1 saturated heterocycles. The highest BCUT2D eigenvalue weighted by Gasteiger charge is 2.26. The van der Waals surface area contributed by atoms with Crippen molar-refractivity contribution >= 4 is 11.5 Å². The Morgan fingerprint density at radius 2 is 2.41 bits per heavy atom. The summed E-state index contributed by atoms with van der Waals surface area (Å²) in [5.74, 6) is 6.67. The van der Waals surface area contributed by atoms with Crippen molar-refractivity contribution in [1.29, 1.82) is 0 Å². The van der Waals surface area contributed by atoms with E-state index in [0.29, 0.717) is 17.8 Å². The molecule has 2 heterocycles. The molecule has 0 saturated carbocycles. The Kier molecular flexibility index (Phi) is 3.81. The molecule has 0 aliphatic carbocycles. The number of hydrazine groups is 1. The van der Waals surface area contributed by atoms with Gasteiger partial charge in [0.25, 0.3) is 0 Å². The van der Waals surface area contributed by atoms with Gasteiger partial charge in [0.1, 0.15) is 5.82 Å². The highest BCUT2D eigenvalue weighted by Crippen LogP contribution is 2.25. The molecule has 0 radical (unpaired) electrons. The largest absolute Gasteiger partial charge is 0.379 e. The summed E-state index contributed by atoms with van der Waals surface area (Å²) < 4.78 is 5.51. The molecule has 0 bridgehead atoms. The maximum Gasteiger partial charge on any atom is 0.141 e. The highest BCUT2D eigenvalue weighted by atomic mass is 16.5. The lowest BCUT2D eigenvalue weighted by molar-refractivity contribution is 0.0498. The quantitative estimate of drug-likeness (QED) is 0.610. The summed E-state index contributed by atoms with van der Waals surface area (Å²) in [5, 5.41) is 0. The third-order valence-electron chi connectivity index (χ3n) is 3.45. The number of nitrogens with two attached hydrogens (primary N) is 1. The Labute approximate surface area is 102 Å². The second-order valence-electron chi connectivity index (χ2n) is 4.53. The third-order valence-corrected chi connectivity index (χ3v) is 3.45. The van der Waals surface area contributed by atoms with Crippen molar-refractivity contribution in [3.63, 3.8) is 0 Å². The first-order chi connectivity index (χ1) is 8.24. The minimum absolute atomic E-state index is 0.297. The Balaban J connectivity index is 2.11. The van der Waals surface area contributed by atoms with Crippen LogP contribution in [0.3, 0.4) is 0 Å². The van der Waals surface area contributed by atoms with Gasteiger partial charge in [-0.25, -0.2) is 10.8 Å². The topological polar surface area (TPSA) is 63.4 Å². The van der Waals surface area contributed by atoms with Crippen LogP contribution in [0.2, 0.25) is 0 Å². The van der Waals surface area contributed by atoms with Crippen LogP contribution in [0, 0.1) is 5.92 Å². The predicted molar refractivity (Wildman–Crippen MR) is 68.8 cm³/mol. The van der Waals surface area contributed by atoms with Gasteiger partial charge in [0.05, 0.1) is 6.10 Å². The lowest BCUT2D eigenvalue weighted by Gasteiger charge is -2.37. The average molecular weight is 236 g/mol. The van der Waals surface area contributed by atoms with Crippen molar-refractivity contribution in [2.75, 3.05) is 30.5 Å². The molecular weight excluding hydrogens is 216 g/mol. The number of nitrogens with zero attached hydrogens (tertiary/aromatic N) is 2. The first-order valence-electron chi connectivity index (χ1n) is 5.95. The van der Waals surface area contributed by atoms with E-state index in [9.17, 15) is 0 Å². The molecule has 5 heteroatoms. The van der Waals surface area contributed by atoms with Crippen LogP contribution in [0.5, 0.6) is 0 Å². The molecule has 1 aliphatic heterocycles. The van der Waals surface area contributed by atoms with E-state index in [-0.39, 0.29) is 0 Å². The summed E-state index contributed by atoms with van der Waals surface area (Å²) in [7, 11) is 1.78. The second kappa shape index (κ2) is 5.33. The number of ether oxygens (including phenoxy) is 1. The molecule has 1 fully saturated rings. The zero-order valence-electron chi connectivity index (χ0n) is 10.4. The fourth-order valence-electron chi connectivity index (χ4n) is 2.27. The van der Waals surface area contributed by atoms with Gasteiger partial charge in [-0.3, -0.25) is 0 Å². The minimum atomic E-state index is 0.297. The predicted octanol–water partition coefficient (Wildman–Crippen LogP) is 1.23. The number of piperidine rings is 1. The molecule has 0 aromatic carbocycles. The number of nitrogens with one attached hydrogen (secondary N) is 1. The van der Waals surface area contributed by atoms with E-state index in [2.05, 4.69) is 22.2 Å². The Morgan fingerprint density at radius 1 is 1.59 bits per heavy atom. The van der Waals surface area contributed by atoms with Gasteiger partial charge in [-0.15, -0.1) is 0 Å². The minimum Gasteiger partial charge on any atom is -0.379 e. The summed E-state index contributed by atoms with van der Waals surface area (Å²) >= 11 is 0. The maximum atomic E-state index is 5.51. The third kappa shape index (κ3) is 2.68. The molecule has 5 nitrogen and oxygen atoms in total. The molecule has 0 spiro atoms. The van der Waals surface area contributed by atoms with Crippen molar-refractivity contribution in [2.24, 2.45) is 11.8 Å². The van der Waals surface area contributed by atoms with Gasteiger partial charge in [-0.05, 0) is 18.4 Å². The zero-order chi connectivity index (χ0) is 12.3. The molecule has 2 atom stereocenters. The number of anilines is 2. The number of pyridine rings is 1. The van der Waals surface area contributed by atoms with Crippen molar-refractivity contribution in [3.05, 3.63) is 18.3 Å². The van der Waals surface area contributed by atoms with Crippen LogP contribution in [0.15, 0.2) is 18.3 Å². The molecule has 1 aromatic rings. The molecule has 94 valence electrons. The van der Waals surface area contributed by atoms with Crippen molar-refractivity contribution < 1.29 is 4.74 Å². The van der Waals surface area contributed by atoms with Crippen LogP contribution in [0.1, 0.15) is 13.3 Å². The number of methoxy groups -OCH3 is 1. The van der Waals surface area contributed by atoms with E-state index in [0.717, 1.165) is 25.2 Å². The normalized spacial score (nSPS) is 24.8. The molecule has 1 aromatic heterocycles. The van der Waals surface area contributed by atoms with E-state index in [1.807, 2.05) is 12.1 Å². The highest BCUT2D eigenvalue weighted by molar-refractivity contribution is 5.53. The van der Waals surface area contributed by atoms with Gasteiger partial charge in [-0.1, -0.05) is 6.92 Å². The smallest absolute Gasteiger partial charge is 0.141 e. The Morgan fingerprint density at radius 3 is 3.12 bits per heavy atom. The molecule has 3 N–H and O–H groups in total. The van der Waals surface area contributed by atoms with E-state index < -0.39 is 0 Å². The summed E-state index contributed by atoms with van der Waals surface area (Å²) in [5.41, 5.74) is 3.71. The number of aromatic nitrogens is 1. The van der Waals surface area contributed by atoms with Crippen LogP contribution in [0.25, 0.3) is 0 Å². The van der Waals surface area contributed by atoms with Crippen molar-refractivity contribution in [2.45, 2.75) is 19.4 Å². The van der Waals surface area contributed by atoms with Crippen LogP contribution in [-0.4, -0.2) is 31.3 Å². The van der Waals surface area contributed by atoms with Crippen LogP contribution in [-0.2, 0) is 4.74 Å². The van der Waals surface area contributed by atoms with Gasteiger partial charge < -0.3 is 15.1 Å². The SMILES string of the molecule is COC1CN(c2ccnc(NN)c2)CCC1C. The molecule has 2 rings (SSSR count). The number of hydrogen-bond acceptors (Lipinski definition) is 5. The van der Waals surface area contributed by atoms with Crippen LogP contribution in [0.4, 0.5) is 11.5 Å². The van der Waals surface area contributed by atoms with E-state index >= 15 is 0 Å². The van der Waals surface area contributed by atoms with E-state index in [1.165, 1.54) is 0 Å². The molecule has 0 amide bonds. The summed E-state index contributed by atoms with van der Waals surface area (Å²) in [6.07, 6.45) is 3.21. The van der Waals surface area contributed by atoms with Crippen molar-refractivity contribution in [3.8, 4) is 0 Å². The monoisotopic (exact) mass is 236 g/mol. The van der Waals surface area contributed by atoms with Crippen LogP contribution < -0.4 is 16.2 Å². The fraction of sp³-hybridized carbons (Fsp3) is 0.583. The number of nitrogen functional groups attached to an aromatic ring is 1. The van der Waals surface area contributed by atoms with Gasteiger partial charge in [0.15, 0.2) is 0 Å². The van der Waals surface area contributed by atoms with Gasteiger partial charge in [0, 0.05) is 38.1 Å². The van der Waals surface area contributed by atoms with Gasteiger partial charge >= 0.3 is 0 Å².